The van der Waals surface area contributed by atoms with Crippen molar-refractivity contribution in [1.82, 2.24) is 4.98 Å². The van der Waals surface area contributed by atoms with Crippen molar-refractivity contribution < 1.29 is 0 Å². The van der Waals surface area contributed by atoms with E-state index in [0.717, 1.165) is 37.1 Å². The van der Waals surface area contributed by atoms with Gasteiger partial charge in [-0.2, -0.15) is 0 Å². The van der Waals surface area contributed by atoms with Crippen molar-refractivity contribution in [3.8, 4) is 0 Å². The van der Waals surface area contributed by atoms with Gasteiger partial charge in [0.25, 0.3) is 0 Å². The van der Waals surface area contributed by atoms with Crippen LogP contribution >= 0.6 is 0 Å². The van der Waals surface area contributed by atoms with E-state index in [-0.39, 0.29) is 6.04 Å². The normalized spacial score (nSPS) is 12.7. The molecule has 2 heteroatoms. The summed E-state index contributed by atoms with van der Waals surface area (Å²) >= 11 is 0. The second-order valence-corrected chi connectivity index (χ2v) is 4.96. The molecule has 1 atom stereocenters. The van der Waals surface area contributed by atoms with Gasteiger partial charge in [-0.25, -0.2) is 0 Å². The molecule has 0 aliphatic rings. The number of aromatic nitrogens is 1. The molecule has 0 aliphatic heterocycles. The molecule has 1 aromatic heterocycles. The Kier molecular flexibility index (Phi) is 6.20. The van der Waals surface area contributed by atoms with E-state index in [4.69, 9.17) is 5.73 Å². The lowest BCUT2D eigenvalue weighted by atomic mass is 10.0. The van der Waals surface area contributed by atoms with Gasteiger partial charge in [-0.1, -0.05) is 26.7 Å². The quantitative estimate of drug-likeness (QED) is 0.785. The van der Waals surface area contributed by atoms with Crippen LogP contribution in [0.4, 0.5) is 0 Å². The summed E-state index contributed by atoms with van der Waals surface area (Å²) in [7, 11) is 0. The topological polar surface area (TPSA) is 38.9 Å². The lowest BCUT2D eigenvalue weighted by Gasteiger charge is -2.11. The molecule has 0 bridgehead atoms. The molecule has 2 nitrogen and oxygen atoms in total. The van der Waals surface area contributed by atoms with Gasteiger partial charge in [0.15, 0.2) is 0 Å². The number of nitrogens with zero attached hydrogens (tertiary/aromatic N) is 1. The molecule has 2 N–H and O–H groups in total. The summed E-state index contributed by atoms with van der Waals surface area (Å²) in [6, 6.07) is 4.69. The number of unbranched alkanes of at least 4 members (excludes halogenated alkanes) is 1. The van der Waals surface area contributed by atoms with Crippen LogP contribution < -0.4 is 5.73 Å². The fourth-order valence-corrected chi connectivity index (χ4v) is 2.19. The Morgan fingerprint density at radius 3 is 2.65 bits per heavy atom. The number of hydrogen-bond donors (Lipinski definition) is 1. The molecule has 1 aromatic rings. The third kappa shape index (κ3) is 5.31. The predicted molar refractivity (Wildman–Crippen MR) is 74.2 cm³/mol. The summed E-state index contributed by atoms with van der Waals surface area (Å²) in [5.74, 6) is 0. The van der Waals surface area contributed by atoms with Gasteiger partial charge in [0.05, 0.1) is 0 Å². The molecule has 0 saturated heterocycles. The first kappa shape index (κ1) is 14.2. The van der Waals surface area contributed by atoms with E-state index in [1.54, 1.807) is 0 Å². The van der Waals surface area contributed by atoms with Crippen LogP contribution in [0.3, 0.4) is 0 Å². The molecule has 1 heterocycles. The largest absolute Gasteiger partial charge is 0.327 e. The average Bonchev–Trinajstić information content (AvgIpc) is 2.25. The van der Waals surface area contributed by atoms with Crippen LogP contribution in [0, 0.1) is 6.92 Å². The molecule has 96 valence electrons. The molecule has 1 rings (SSSR count). The SMILES string of the molecule is CCCCc1cc(C)nc(CC(N)CCC)c1. The van der Waals surface area contributed by atoms with E-state index in [1.165, 1.54) is 18.4 Å². The van der Waals surface area contributed by atoms with Crippen LogP contribution in [0.1, 0.15) is 56.5 Å². The first-order valence-corrected chi connectivity index (χ1v) is 6.87. The second kappa shape index (κ2) is 7.44. The number of aryl methyl sites for hydroxylation is 2. The minimum atomic E-state index is 0.258. The molecule has 0 fully saturated rings. The number of hydrogen-bond acceptors (Lipinski definition) is 2. The first-order chi connectivity index (χ1) is 8.15. The van der Waals surface area contributed by atoms with Crippen LogP contribution in [0.15, 0.2) is 12.1 Å². The summed E-state index contributed by atoms with van der Waals surface area (Å²) in [5, 5.41) is 0. The highest BCUT2D eigenvalue weighted by Gasteiger charge is 2.06. The van der Waals surface area contributed by atoms with E-state index in [9.17, 15) is 0 Å². The summed E-state index contributed by atoms with van der Waals surface area (Å²) < 4.78 is 0. The third-order valence-electron chi connectivity index (χ3n) is 3.02. The van der Waals surface area contributed by atoms with Crippen molar-refractivity contribution in [2.75, 3.05) is 0 Å². The Morgan fingerprint density at radius 1 is 1.24 bits per heavy atom. The zero-order valence-corrected chi connectivity index (χ0v) is 11.5. The molecular weight excluding hydrogens is 208 g/mol. The van der Waals surface area contributed by atoms with Crippen LogP contribution in [0.2, 0.25) is 0 Å². The van der Waals surface area contributed by atoms with Crippen LogP contribution in [0.25, 0.3) is 0 Å². The molecule has 1 unspecified atom stereocenters. The standard InChI is InChI=1S/C15H26N2/c1-4-6-8-13-9-12(3)17-15(10-13)11-14(16)7-5-2/h9-10,14H,4-8,11,16H2,1-3H3. The zero-order valence-electron chi connectivity index (χ0n) is 11.5. The maximum absolute atomic E-state index is 6.08. The van der Waals surface area contributed by atoms with Crippen molar-refractivity contribution in [2.45, 2.75) is 65.3 Å². The minimum Gasteiger partial charge on any atom is -0.327 e. The zero-order chi connectivity index (χ0) is 12.7. The van der Waals surface area contributed by atoms with Crippen molar-refractivity contribution >= 4 is 0 Å². The number of pyridine rings is 1. The predicted octanol–water partition coefficient (Wildman–Crippen LogP) is 3.40. The highest BCUT2D eigenvalue weighted by molar-refractivity contribution is 5.21. The molecule has 0 radical (unpaired) electrons. The Labute approximate surface area is 106 Å². The summed E-state index contributed by atoms with van der Waals surface area (Å²) in [4.78, 5) is 4.58. The van der Waals surface area contributed by atoms with E-state index in [0.29, 0.717) is 0 Å². The van der Waals surface area contributed by atoms with Crippen molar-refractivity contribution in [3.05, 3.63) is 29.1 Å². The van der Waals surface area contributed by atoms with E-state index in [1.807, 2.05) is 0 Å². The van der Waals surface area contributed by atoms with Gasteiger partial charge in [0.1, 0.15) is 0 Å². The molecule has 17 heavy (non-hydrogen) atoms. The monoisotopic (exact) mass is 234 g/mol. The van der Waals surface area contributed by atoms with Crippen molar-refractivity contribution in [1.29, 1.82) is 0 Å². The van der Waals surface area contributed by atoms with E-state index < -0.39 is 0 Å². The third-order valence-corrected chi connectivity index (χ3v) is 3.02. The maximum Gasteiger partial charge on any atom is 0.0424 e. The van der Waals surface area contributed by atoms with Gasteiger partial charge in [0.2, 0.25) is 0 Å². The highest BCUT2D eigenvalue weighted by Crippen LogP contribution is 2.11. The summed E-state index contributed by atoms with van der Waals surface area (Å²) in [5.41, 5.74) is 9.78. The van der Waals surface area contributed by atoms with E-state index >= 15 is 0 Å². The number of rotatable bonds is 7. The van der Waals surface area contributed by atoms with Crippen molar-refractivity contribution in [3.63, 3.8) is 0 Å². The van der Waals surface area contributed by atoms with Gasteiger partial charge < -0.3 is 5.73 Å². The van der Waals surface area contributed by atoms with Gasteiger partial charge in [0, 0.05) is 23.9 Å². The smallest absolute Gasteiger partial charge is 0.0424 e. The number of nitrogens with two attached hydrogens (primary N) is 1. The maximum atomic E-state index is 6.08. The van der Waals surface area contributed by atoms with Gasteiger partial charge >= 0.3 is 0 Å². The van der Waals surface area contributed by atoms with Crippen molar-refractivity contribution in [2.24, 2.45) is 5.73 Å². The fourth-order valence-electron chi connectivity index (χ4n) is 2.19. The Hall–Kier alpha value is -0.890. The van der Waals surface area contributed by atoms with Gasteiger partial charge in [-0.3, -0.25) is 4.98 Å². The second-order valence-electron chi connectivity index (χ2n) is 4.96. The lowest BCUT2D eigenvalue weighted by molar-refractivity contribution is 0.592. The first-order valence-electron chi connectivity index (χ1n) is 6.87. The van der Waals surface area contributed by atoms with Gasteiger partial charge in [-0.05, 0) is 43.9 Å². The van der Waals surface area contributed by atoms with Crippen LogP contribution in [-0.4, -0.2) is 11.0 Å². The van der Waals surface area contributed by atoms with Crippen LogP contribution in [-0.2, 0) is 12.8 Å². The Balaban J connectivity index is 2.67. The molecular formula is C15H26N2. The molecule has 0 aromatic carbocycles. The average molecular weight is 234 g/mol. The minimum absolute atomic E-state index is 0.258. The molecule has 0 spiro atoms. The lowest BCUT2D eigenvalue weighted by Crippen LogP contribution is -2.23. The molecule has 0 saturated carbocycles. The Bertz CT molecular complexity index is 334. The summed E-state index contributed by atoms with van der Waals surface area (Å²) in [6.45, 7) is 6.48. The van der Waals surface area contributed by atoms with Crippen LogP contribution in [0.5, 0.6) is 0 Å². The highest BCUT2D eigenvalue weighted by atomic mass is 14.7. The molecule has 0 amide bonds. The Morgan fingerprint density at radius 2 is 2.00 bits per heavy atom. The fraction of sp³-hybridized carbons (Fsp3) is 0.667. The van der Waals surface area contributed by atoms with Gasteiger partial charge in [-0.15, -0.1) is 0 Å². The van der Waals surface area contributed by atoms with E-state index in [2.05, 4.69) is 37.9 Å². The summed E-state index contributed by atoms with van der Waals surface area (Å²) in [6.07, 6.45) is 6.80. The molecule has 0 aliphatic carbocycles.